The van der Waals surface area contributed by atoms with Gasteiger partial charge in [-0.3, -0.25) is 4.79 Å². The molecule has 0 aliphatic rings. The molecule has 0 saturated carbocycles. The van der Waals surface area contributed by atoms with Crippen molar-refractivity contribution in [2.24, 2.45) is 7.05 Å². The lowest BCUT2D eigenvalue weighted by Gasteiger charge is -2.07. The van der Waals surface area contributed by atoms with Crippen molar-refractivity contribution in [2.75, 3.05) is 11.1 Å². The number of nitrogens with one attached hydrogen (secondary N) is 1. The van der Waals surface area contributed by atoms with Gasteiger partial charge in [0.1, 0.15) is 11.8 Å². The maximum Gasteiger partial charge on any atom is 0.234 e. The Hall–Kier alpha value is -2.76. The number of thioether (sulfide) groups is 1. The summed E-state index contributed by atoms with van der Waals surface area (Å²) >= 11 is 7.17. The topological polar surface area (TPSA) is 96.7 Å². The summed E-state index contributed by atoms with van der Waals surface area (Å²) < 4.78 is 7.09. The standard InChI is InChI=1S/C17H14ClN5O2S/c1-10-13(5-6-25-10)16-21-22-17(23(16)2)26-9-15(24)20-14-7-12(18)4-3-11(14)8-19/h3-7H,9H2,1-2H3,(H,20,24). The van der Waals surface area contributed by atoms with Gasteiger partial charge in [0.15, 0.2) is 11.0 Å². The zero-order chi connectivity index (χ0) is 18.7. The van der Waals surface area contributed by atoms with Crippen molar-refractivity contribution in [1.82, 2.24) is 14.8 Å². The van der Waals surface area contributed by atoms with Gasteiger partial charge in [-0.25, -0.2) is 0 Å². The number of aryl methyl sites for hydroxylation is 1. The van der Waals surface area contributed by atoms with Crippen LogP contribution in [0.15, 0.2) is 40.1 Å². The van der Waals surface area contributed by atoms with Crippen LogP contribution in [-0.4, -0.2) is 26.4 Å². The molecule has 0 spiro atoms. The van der Waals surface area contributed by atoms with E-state index in [2.05, 4.69) is 15.5 Å². The van der Waals surface area contributed by atoms with Gasteiger partial charge in [0.25, 0.3) is 0 Å². The summed E-state index contributed by atoms with van der Waals surface area (Å²) in [6, 6.07) is 8.55. The molecule has 0 bridgehead atoms. The van der Waals surface area contributed by atoms with Crippen LogP contribution in [0.25, 0.3) is 11.4 Å². The number of hydrogen-bond donors (Lipinski definition) is 1. The van der Waals surface area contributed by atoms with Crippen LogP contribution in [-0.2, 0) is 11.8 Å². The zero-order valence-corrected chi connectivity index (χ0v) is 15.6. The zero-order valence-electron chi connectivity index (χ0n) is 14.0. The molecule has 132 valence electrons. The number of furan rings is 1. The third-order valence-corrected chi connectivity index (χ3v) is 4.90. The summed E-state index contributed by atoms with van der Waals surface area (Å²) in [5, 5.41) is 21.1. The number of aromatic nitrogens is 3. The highest BCUT2D eigenvalue weighted by Crippen LogP contribution is 2.26. The molecule has 1 aromatic carbocycles. The van der Waals surface area contributed by atoms with E-state index >= 15 is 0 Å². The molecule has 2 heterocycles. The number of amides is 1. The second-order valence-corrected chi connectivity index (χ2v) is 6.77. The number of carbonyl (C=O) groups excluding carboxylic acids is 1. The number of nitrogens with zero attached hydrogens (tertiary/aromatic N) is 4. The third-order valence-electron chi connectivity index (χ3n) is 3.64. The molecule has 0 aliphatic carbocycles. The molecular weight excluding hydrogens is 374 g/mol. The van der Waals surface area contributed by atoms with Gasteiger partial charge < -0.3 is 14.3 Å². The van der Waals surface area contributed by atoms with Crippen LogP contribution in [0.4, 0.5) is 5.69 Å². The molecule has 0 saturated heterocycles. The summed E-state index contributed by atoms with van der Waals surface area (Å²) in [6.45, 7) is 1.85. The van der Waals surface area contributed by atoms with Crippen LogP contribution in [0.2, 0.25) is 5.02 Å². The molecule has 3 rings (SSSR count). The SMILES string of the molecule is Cc1occc1-c1nnc(SCC(=O)Nc2cc(Cl)ccc2C#N)n1C. The van der Waals surface area contributed by atoms with Crippen LogP contribution in [0, 0.1) is 18.3 Å². The number of carbonyl (C=O) groups is 1. The summed E-state index contributed by atoms with van der Waals surface area (Å²) in [5.41, 5.74) is 1.59. The molecule has 1 N–H and O–H groups in total. The Bertz CT molecular complexity index is 1000. The first-order chi connectivity index (χ1) is 12.5. The molecule has 0 radical (unpaired) electrons. The Morgan fingerprint density at radius 2 is 2.23 bits per heavy atom. The van der Waals surface area contributed by atoms with Gasteiger partial charge in [-0.15, -0.1) is 10.2 Å². The number of nitriles is 1. The highest BCUT2D eigenvalue weighted by molar-refractivity contribution is 7.99. The molecule has 0 unspecified atom stereocenters. The summed E-state index contributed by atoms with van der Waals surface area (Å²) in [4.78, 5) is 12.2. The molecule has 2 aromatic heterocycles. The highest BCUT2D eigenvalue weighted by Gasteiger charge is 2.16. The minimum Gasteiger partial charge on any atom is -0.469 e. The van der Waals surface area contributed by atoms with E-state index in [0.29, 0.717) is 27.3 Å². The Kier molecular flexibility index (Phi) is 5.30. The minimum atomic E-state index is -0.266. The first-order valence-electron chi connectivity index (χ1n) is 7.55. The molecule has 1 amide bonds. The first kappa shape index (κ1) is 18.0. The van der Waals surface area contributed by atoms with Crippen LogP contribution in [0.5, 0.6) is 0 Å². The minimum absolute atomic E-state index is 0.119. The molecule has 0 aliphatic heterocycles. The number of rotatable bonds is 5. The quantitative estimate of drug-likeness (QED) is 0.671. The summed E-state index contributed by atoms with van der Waals surface area (Å²) in [7, 11) is 1.83. The predicted molar refractivity (Wildman–Crippen MR) is 99.0 cm³/mol. The Morgan fingerprint density at radius 1 is 1.42 bits per heavy atom. The van der Waals surface area contributed by atoms with Crippen molar-refractivity contribution in [2.45, 2.75) is 12.1 Å². The van der Waals surface area contributed by atoms with Gasteiger partial charge in [-0.05, 0) is 31.2 Å². The Balaban J connectivity index is 1.68. The normalized spacial score (nSPS) is 10.5. The Morgan fingerprint density at radius 3 is 2.92 bits per heavy atom. The third kappa shape index (κ3) is 3.74. The van der Waals surface area contributed by atoms with Crippen LogP contribution >= 0.6 is 23.4 Å². The lowest BCUT2D eigenvalue weighted by Crippen LogP contribution is -2.15. The number of benzene rings is 1. The van der Waals surface area contributed by atoms with E-state index in [1.165, 1.54) is 11.8 Å². The molecule has 3 aromatic rings. The van der Waals surface area contributed by atoms with Gasteiger partial charge in [-0.2, -0.15) is 5.26 Å². The van der Waals surface area contributed by atoms with Crippen molar-refractivity contribution < 1.29 is 9.21 Å². The second kappa shape index (κ2) is 7.64. The monoisotopic (exact) mass is 387 g/mol. The van der Waals surface area contributed by atoms with E-state index in [9.17, 15) is 4.79 Å². The number of halogens is 1. The maximum atomic E-state index is 12.2. The van der Waals surface area contributed by atoms with Gasteiger partial charge in [0.2, 0.25) is 5.91 Å². The van der Waals surface area contributed by atoms with E-state index in [1.807, 2.05) is 26.1 Å². The summed E-state index contributed by atoms with van der Waals surface area (Å²) in [5.74, 6) is 1.27. The number of anilines is 1. The van der Waals surface area contributed by atoms with Gasteiger partial charge >= 0.3 is 0 Å². The van der Waals surface area contributed by atoms with Crippen molar-refractivity contribution >= 4 is 35.0 Å². The smallest absolute Gasteiger partial charge is 0.234 e. The van der Waals surface area contributed by atoms with Gasteiger partial charge in [-0.1, -0.05) is 23.4 Å². The Labute approximate surface area is 159 Å². The van der Waals surface area contributed by atoms with Crippen LogP contribution in [0.1, 0.15) is 11.3 Å². The molecule has 0 atom stereocenters. The fourth-order valence-corrected chi connectivity index (χ4v) is 3.21. The summed E-state index contributed by atoms with van der Waals surface area (Å²) in [6.07, 6.45) is 1.59. The fraction of sp³-hybridized carbons (Fsp3) is 0.176. The lowest BCUT2D eigenvalue weighted by atomic mass is 10.2. The van der Waals surface area contributed by atoms with E-state index < -0.39 is 0 Å². The van der Waals surface area contributed by atoms with Gasteiger partial charge in [0, 0.05) is 12.1 Å². The van der Waals surface area contributed by atoms with Crippen molar-refractivity contribution in [3.05, 3.63) is 46.9 Å². The first-order valence-corrected chi connectivity index (χ1v) is 8.92. The van der Waals surface area contributed by atoms with E-state index in [1.54, 1.807) is 29.0 Å². The average molecular weight is 388 g/mol. The fourth-order valence-electron chi connectivity index (χ4n) is 2.33. The van der Waals surface area contributed by atoms with Crippen molar-refractivity contribution in [1.29, 1.82) is 5.26 Å². The van der Waals surface area contributed by atoms with Crippen molar-refractivity contribution in [3.8, 4) is 17.5 Å². The van der Waals surface area contributed by atoms with Crippen molar-refractivity contribution in [3.63, 3.8) is 0 Å². The molecular formula is C17H14ClN5O2S. The molecule has 0 fully saturated rings. The highest BCUT2D eigenvalue weighted by atomic mass is 35.5. The maximum absolute atomic E-state index is 12.2. The van der Waals surface area contributed by atoms with Crippen LogP contribution in [0.3, 0.4) is 0 Å². The largest absolute Gasteiger partial charge is 0.469 e. The van der Waals surface area contributed by atoms with Crippen LogP contribution < -0.4 is 5.32 Å². The number of hydrogen-bond acceptors (Lipinski definition) is 6. The van der Waals surface area contributed by atoms with E-state index in [4.69, 9.17) is 21.3 Å². The molecule has 9 heteroatoms. The second-order valence-electron chi connectivity index (χ2n) is 5.39. The predicted octanol–water partition coefficient (Wildman–Crippen LogP) is 3.64. The van der Waals surface area contributed by atoms with E-state index in [0.717, 1.165) is 11.3 Å². The molecule has 7 nitrogen and oxygen atoms in total. The lowest BCUT2D eigenvalue weighted by molar-refractivity contribution is -0.113. The van der Waals surface area contributed by atoms with Gasteiger partial charge in [0.05, 0.1) is 28.8 Å². The average Bonchev–Trinajstić information content (AvgIpc) is 3.18. The molecule has 26 heavy (non-hydrogen) atoms. The van der Waals surface area contributed by atoms with E-state index in [-0.39, 0.29) is 11.7 Å².